The molecule has 3 aromatic rings. The van der Waals surface area contributed by atoms with Crippen molar-refractivity contribution in [2.75, 3.05) is 0 Å². The van der Waals surface area contributed by atoms with Crippen LogP contribution in [0.15, 0.2) is 36.5 Å². The lowest BCUT2D eigenvalue weighted by Gasteiger charge is -2.05. The van der Waals surface area contributed by atoms with E-state index in [1.165, 1.54) is 22.0 Å². The zero-order chi connectivity index (χ0) is 12.0. The van der Waals surface area contributed by atoms with Gasteiger partial charge in [0, 0.05) is 18.6 Å². The number of benzene rings is 1. The van der Waals surface area contributed by atoms with Gasteiger partial charge in [0.15, 0.2) is 0 Å². The van der Waals surface area contributed by atoms with Crippen LogP contribution in [0.4, 0.5) is 0 Å². The lowest BCUT2D eigenvalue weighted by atomic mass is 10.0. The smallest absolute Gasteiger partial charge is 0.0959 e. The van der Waals surface area contributed by atoms with Crippen LogP contribution >= 0.6 is 0 Å². The number of aryl methyl sites for hydroxylation is 1. The first kappa shape index (κ1) is 10.3. The van der Waals surface area contributed by atoms with Gasteiger partial charge in [-0.1, -0.05) is 19.9 Å². The molecule has 2 heterocycles. The number of hydrogen-bond donors (Lipinski definition) is 0. The molecule has 17 heavy (non-hydrogen) atoms. The minimum Gasteiger partial charge on any atom is -0.342 e. The molecule has 2 aromatic heterocycles. The molecule has 0 amide bonds. The predicted octanol–water partition coefficient (Wildman–Crippen LogP) is 3.85. The highest BCUT2D eigenvalue weighted by Gasteiger charge is 2.10. The van der Waals surface area contributed by atoms with Gasteiger partial charge in [-0.3, -0.25) is 4.98 Å². The highest BCUT2D eigenvalue weighted by atomic mass is 15.0. The summed E-state index contributed by atoms with van der Waals surface area (Å²) in [6.45, 7) is 4.44. The highest BCUT2D eigenvalue weighted by molar-refractivity contribution is 6.05. The van der Waals surface area contributed by atoms with E-state index in [9.17, 15) is 0 Å². The van der Waals surface area contributed by atoms with Crippen LogP contribution in [-0.4, -0.2) is 9.55 Å². The molecule has 2 heteroatoms. The van der Waals surface area contributed by atoms with Crippen LogP contribution in [0.2, 0.25) is 0 Å². The van der Waals surface area contributed by atoms with E-state index in [1.54, 1.807) is 0 Å². The van der Waals surface area contributed by atoms with Crippen molar-refractivity contribution in [3.05, 3.63) is 42.1 Å². The molecule has 0 N–H and O–H groups in total. The Morgan fingerprint density at radius 3 is 2.71 bits per heavy atom. The molecule has 0 atom stereocenters. The maximum Gasteiger partial charge on any atom is 0.0959 e. The molecule has 0 saturated heterocycles. The lowest BCUT2D eigenvalue weighted by Crippen LogP contribution is -1.88. The van der Waals surface area contributed by atoms with Crippen molar-refractivity contribution >= 4 is 21.9 Å². The van der Waals surface area contributed by atoms with Crippen molar-refractivity contribution < 1.29 is 0 Å². The molecule has 0 aliphatic rings. The summed E-state index contributed by atoms with van der Waals surface area (Å²) in [6, 6.07) is 10.8. The summed E-state index contributed by atoms with van der Waals surface area (Å²) in [4.78, 5) is 4.51. The number of aromatic nitrogens is 2. The second kappa shape index (κ2) is 3.59. The first-order valence-corrected chi connectivity index (χ1v) is 6.01. The largest absolute Gasteiger partial charge is 0.342 e. The summed E-state index contributed by atoms with van der Waals surface area (Å²) in [5, 5.41) is 1.26. The van der Waals surface area contributed by atoms with Crippen molar-refractivity contribution in [2.24, 2.45) is 7.05 Å². The van der Waals surface area contributed by atoms with Crippen LogP contribution < -0.4 is 0 Å². The monoisotopic (exact) mass is 224 g/mol. The van der Waals surface area contributed by atoms with E-state index < -0.39 is 0 Å². The normalized spacial score (nSPS) is 11.8. The maximum absolute atomic E-state index is 4.51. The van der Waals surface area contributed by atoms with E-state index in [0.717, 1.165) is 5.52 Å². The summed E-state index contributed by atoms with van der Waals surface area (Å²) in [6.07, 6.45) is 1.86. The van der Waals surface area contributed by atoms with Crippen LogP contribution in [0.25, 0.3) is 21.9 Å². The average molecular weight is 224 g/mol. The van der Waals surface area contributed by atoms with Crippen LogP contribution in [0, 0.1) is 0 Å². The average Bonchev–Trinajstić information content (AvgIpc) is 2.64. The zero-order valence-corrected chi connectivity index (χ0v) is 10.4. The second-order valence-corrected chi connectivity index (χ2v) is 4.86. The van der Waals surface area contributed by atoms with E-state index in [-0.39, 0.29) is 0 Å². The van der Waals surface area contributed by atoms with Crippen molar-refractivity contribution in [1.82, 2.24) is 9.55 Å². The van der Waals surface area contributed by atoms with Crippen LogP contribution in [-0.2, 0) is 7.05 Å². The summed E-state index contributed by atoms with van der Waals surface area (Å²) in [5.41, 5.74) is 4.93. The molecule has 1 aromatic carbocycles. The van der Waals surface area contributed by atoms with Crippen LogP contribution in [0.5, 0.6) is 0 Å². The standard InChI is InChI=1S/C15H16N2/c1-10(2)11-6-7-13-12(9-11)15-14(17(13)3)5-4-8-16-15/h4-10H,1-3H3. The molecule has 0 saturated carbocycles. The van der Waals surface area contributed by atoms with Gasteiger partial charge in [0.2, 0.25) is 0 Å². The maximum atomic E-state index is 4.51. The molecule has 3 rings (SSSR count). The fourth-order valence-corrected chi connectivity index (χ4v) is 2.40. The topological polar surface area (TPSA) is 17.8 Å². The molecule has 0 fully saturated rings. The molecule has 86 valence electrons. The summed E-state index contributed by atoms with van der Waals surface area (Å²) in [7, 11) is 2.10. The molecule has 0 radical (unpaired) electrons. The van der Waals surface area contributed by atoms with Gasteiger partial charge in [0.1, 0.15) is 0 Å². The Kier molecular flexibility index (Phi) is 2.18. The van der Waals surface area contributed by atoms with Gasteiger partial charge in [-0.25, -0.2) is 0 Å². The number of hydrogen-bond acceptors (Lipinski definition) is 1. The zero-order valence-electron chi connectivity index (χ0n) is 10.4. The van der Waals surface area contributed by atoms with Crippen molar-refractivity contribution in [1.29, 1.82) is 0 Å². The summed E-state index contributed by atoms with van der Waals surface area (Å²) < 4.78 is 2.21. The molecule has 0 aliphatic heterocycles. The second-order valence-electron chi connectivity index (χ2n) is 4.86. The van der Waals surface area contributed by atoms with Gasteiger partial charge in [-0.2, -0.15) is 0 Å². The Morgan fingerprint density at radius 1 is 1.12 bits per heavy atom. The van der Waals surface area contributed by atoms with Gasteiger partial charge in [0.25, 0.3) is 0 Å². The quantitative estimate of drug-likeness (QED) is 0.614. The van der Waals surface area contributed by atoms with E-state index in [0.29, 0.717) is 5.92 Å². The molecule has 0 spiro atoms. The summed E-state index contributed by atoms with van der Waals surface area (Å²) in [5.74, 6) is 0.554. The van der Waals surface area contributed by atoms with E-state index >= 15 is 0 Å². The van der Waals surface area contributed by atoms with Gasteiger partial charge >= 0.3 is 0 Å². The molecule has 0 bridgehead atoms. The molecule has 2 nitrogen and oxygen atoms in total. The van der Waals surface area contributed by atoms with Crippen molar-refractivity contribution in [2.45, 2.75) is 19.8 Å². The highest BCUT2D eigenvalue weighted by Crippen LogP contribution is 2.28. The fraction of sp³-hybridized carbons (Fsp3) is 0.267. The Balaban J connectivity index is 2.46. The van der Waals surface area contributed by atoms with E-state index in [4.69, 9.17) is 0 Å². The Hall–Kier alpha value is -1.83. The molecular weight excluding hydrogens is 208 g/mol. The minimum atomic E-state index is 0.554. The Labute approximate surface area is 101 Å². The van der Waals surface area contributed by atoms with Crippen molar-refractivity contribution in [3.63, 3.8) is 0 Å². The molecule has 0 unspecified atom stereocenters. The van der Waals surface area contributed by atoms with Gasteiger partial charge in [0.05, 0.1) is 16.6 Å². The lowest BCUT2D eigenvalue weighted by molar-refractivity contribution is 0.868. The summed E-state index contributed by atoms with van der Waals surface area (Å²) >= 11 is 0. The molecule has 0 aliphatic carbocycles. The Morgan fingerprint density at radius 2 is 1.94 bits per heavy atom. The SMILES string of the molecule is CC(C)c1ccc2c(c1)c1ncccc1n2C. The number of fused-ring (bicyclic) bond motifs is 3. The van der Waals surface area contributed by atoms with Gasteiger partial charge < -0.3 is 4.57 Å². The third-order valence-electron chi connectivity index (χ3n) is 3.45. The number of nitrogens with zero attached hydrogens (tertiary/aromatic N) is 2. The fourth-order valence-electron chi connectivity index (χ4n) is 2.40. The minimum absolute atomic E-state index is 0.554. The first-order valence-electron chi connectivity index (χ1n) is 6.01. The number of rotatable bonds is 1. The predicted molar refractivity (Wildman–Crippen MR) is 72.3 cm³/mol. The van der Waals surface area contributed by atoms with E-state index in [1.807, 2.05) is 12.3 Å². The Bertz CT molecular complexity index is 693. The first-order chi connectivity index (χ1) is 8.18. The third kappa shape index (κ3) is 1.44. The van der Waals surface area contributed by atoms with Crippen LogP contribution in [0.1, 0.15) is 25.3 Å². The van der Waals surface area contributed by atoms with E-state index in [2.05, 4.69) is 54.7 Å². The van der Waals surface area contributed by atoms with Gasteiger partial charge in [-0.05, 0) is 35.7 Å². The van der Waals surface area contributed by atoms with Crippen molar-refractivity contribution in [3.8, 4) is 0 Å². The molecular formula is C15H16N2. The third-order valence-corrected chi connectivity index (χ3v) is 3.45. The van der Waals surface area contributed by atoms with Gasteiger partial charge in [-0.15, -0.1) is 0 Å². The number of pyridine rings is 1. The van der Waals surface area contributed by atoms with Crippen LogP contribution in [0.3, 0.4) is 0 Å².